The van der Waals surface area contributed by atoms with Gasteiger partial charge in [0.1, 0.15) is 10.6 Å². The lowest BCUT2D eigenvalue weighted by Gasteiger charge is -2.12. The van der Waals surface area contributed by atoms with Gasteiger partial charge in [0.15, 0.2) is 17.3 Å². The van der Waals surface area contributed by atoms with Crippen LogP contribution in [0.5, 0.6) is 17.2 Å². The molecule has 8 nitrogen and oxygen atoms in total. The monoisotopic (exact) mass is 434 g/mol. The van der Waals surface area contributed by atoms with Gasteiger partial charge in [-0.15, -0.1) is 10.2 Å². The summed E-state index contributed by atoms with van der Waals surface area (Å²) in [6.07, 6.45) is 3.83. The first-order valence-corrected chi connectivity index (χ1v) is 10.2. The highest BCUT2D eigenvalue weighted by atomic mass is 32.1. The maximum absolute atomic E-state index is 5.92. The van der Waals surface area contributed by atoms with Crippen LogP contribution in [0, 0.1) is 0 Å². The Hall–Kier alpha value is -3.85. The standard InChI is InChI=1S/C22H18N4O4S/c1-27-16-10-13(11-17(28-2)20(16)29-3)8-9-19-25-26-21(23-24-22(26)31-19)18-12-14-6-4-5-7-15(14)30-18/h4-12H,1-3H3/b9-8+. The highest BCUT2D eigenvalue weighted by Gasteiger charge is 2.17. The highest BCUT2D eigenvalue weighted by molar-refractivity contribution is 7.17. The van der Waals surface area contributed by atoms with Crippen molar-refractivity contribution in [2.75, 3.05) is 21.3 Å². The molecule has 9 heteroatoms. The van der Waals surface area contributed by atoms with E-state index >= 15 is 0 Å². The Bertz CT molecular complexity index is 1360. The van der Waals surface area contributed by atoms with Crippen LogP contribution < -0.4 is 14.2 Å². The molecular weight excluding hydrogens is 416 g/mol. The molecule has 0 aliphatic rings. The van der Waals surface area contributed by atoms with Crippen LogP contribution in [-0.2, 0) is 0 Å². The molecule has 0 bridgehead atoms. The largest absolute Gasteiger partial charge is 0.493 e. The molecule has 0 N–H and O–H groups in total. The van der Waals surface area contributed by atoms with Gasteiger partial charge < -0.3 is 18.6 Å². The summed E-state index contributed by atoms with van der Waals surface area (Å²) in [6, 6.07) is 13.5. The second-order valence-corrected chi connectivity index (χ2v) is 7.59. The normalized spacial score (nSPS) is 11.6. The Morgan fingerprint density at radius 1 is 0.935 bits per heavy atom. The van der Waals surface area contributed by atoms with Crippen molar-refractivity contribution in [1.82, 2.24) is 19.8 Å². The number of rotatable bonds is 6. The van der Waals surface area contributed by atoms with Gasteiger partial charge in [0.05, 0.1) is 21.3 Å². The van der Waals surface area contributed by atoms with Crippen LogP contribution in [0.1, 0.15) is 10.6 Å². The Balaban J connectivity index is 1.49. The molecule has 0 atom stereocenters. The number of ether oxygens (including phenoxy) is 3. The van der Waals surface area contributed by atoms with Gasteiger partial charge in [-0.2, -0.15) is 9.61 Å². The van der Waals surface area contributed by atoms with Gasteiger partial charge >= 0.3 is 0 Å². The van der Waals surface area contributed by atoms with Crippen molar-refractivity contribution in [3.05, 3.63) is 53.0 Å². The number of hydrogen-bond donors (Lipinski definition) is 0. The fourth-order valence-corrected chi connectivity index (χ4v) is 4.05. The lowest BCUT2D eigenvalue weighted by Crippen LogP contribution is -1.95. The Labute approximate surface area is 181 Å². The van der Waals surface area contributed by atoms with Crippen molar-refractivity contribution >= 4 is 39.4 Å². The van der Waals surface area contributed by atoms with Crippen molar-refractivity contribution in [2.45, 2.75) is 0 Å². The molecule has 0 aliphatic heterocycles. The van der Waals surface area contributed by atoms with E-state index in [1.807, 2.05) is 54.6 Å². The molecule has 3 aromatic heterocycles. The number of para-hydroxylation sites is 1. The smallest absolute Gasteiger partial charge is 0.235 e. The van der Waals surface area contributed by atoms with E-state index in [9.17, 15) is 0 Å². The third kappa shape index (κ3) is 3.38. The number of fused-ring (bicyclic) bond motifs is 2. The molecule has 156 valence electrons. The number of furan rings is 1. The van der Waals surface area contributed by atoms with Crippen molar-refractivity contribution in [3.8, 4) is 28.8 Å². The third-order valence-electron chi connectivity index (χ3n) is 4.76. The van der Waals surface area contributed by atoms with Gasteiger partial charge in [-0.05, 0) is 35.9 Å². The van der Waals surface area contributed by atoms with Gasteiger partial charge in [0.2, 0.25) is 16.5 Å². The van der Waals surface area contributed by atoms with Gasteiger partial charge in [-0.25, -0.2) is 0 Å². The van der Waals surface area contributed by atoms with E-state index in [-0.39, 0.29) is 0 Å². The average molecular weight is 434 g/mol. The van der Waals surface area contributed by atoms with Crippen molar-refractivity contribution in [1.29, 1.82) is 0 Å². The van der Waals surface area contributed by atoms with E-state index in [2.05, 4.69) is 15.3 Å². The summed E-state index contributed by atoms with van der Waals surface area (Å²) in [6.45, 7) is 0. The fraction of sp³-hybridized carbons (Fsp3) is 0.136. The molecule has 0 saturated carbocycles. The number of aromatic nitrogens is 4. The van der Waals surface area contributed by atoms with Gasteiger partial charge in [0, 0.05) is 5.39 Å². The van der Waals surface area contributed by atoms with Crippen molar-refractivity contribution in [2.24, 2.45) is 0 Å². The van der Waals surface area contributed by atoms with Gasteiger partial charge in [-0.3, -0.25) is 0 Å². The molecule has 2 aromatic carbocycles. The van der Waals surface area contributed by atoms with Crippen molar-refractivity contribution in [3.63, 3.8) is 0 Å². The Morgan fingerprint density at radius 2 is 1.71 bits per heavy atom. The predicted octanol–water partition coefficient (Wildman–Crippen LogP) is 4.80. The van der Waals surface area contributed by atoms with E-state index in [4.69, 9.17) is 18.6 Å². The molecule has 5 aromatic rings. The van der Waals surface area contributed by atoms with Crippen LogP contribution >= 0.6 is 11.3 Å². The van der Waals surface area contributed by atoms with E-state index in [0.29, 0.717) is 33.8 Å². The summed E-state index contributed by atoms with van der Waals surface area (Å²) in [5.41, 5.74) is 1.69. The molecule has 0 amide bonds. The summed E-state index contributed by atoms with van der Waals surface area (Å²) >= 11 is 1.43. The third-order valence-corrected chi connectivity index (χ3v) is 5.62. The quantitative estimate of drug-likeness (QED) is 0.380. The van der Waals surface area contributed by atoms with Crippen LogP contribution in [0.4, 0.5) is 0 Å². The summed E-state index contributed by atoms with van der Waals surface area (Å²) in [5.74, 6) is 2.92. The fourth-order valence-electron chi connectivity index (χ4n) is 3.31. The van der Waals surface area contributed by atoms with Crippen LogP contribution in [0.25, 0.3) is 39.7 Å². The lowest BCUT2D eigenvalue weighted by molar-refractivity contribution is 0.324. The van der Waals surface area contributed by atoms with E-state index in [1.54, 1.807) is 25.8 Å². The minimum absolute atomic E-state index is 0.552. The van der Waals surface area contributed by atoms with Crippen LogP contribution in [-0.4, -0.2) is 41.1 Å². The maximum atomic E-state index is 5.92. The van der Waals surface area contributed by atoms with E-state index in [0.717, 1.165) is 21.5 Å². The molecule has 0 fully saturated rings. The first-order valence-electron chi connectivity index (χ1n) is 9.39. The molecule has 0 saturated heterocycles. The SMILES string of the molecule is COc1cc(/C=C/c2nn3c(-c4cc5ccccc5o4)nnc3s2)cc(OC)c1OC. The van der Waals surface area contributed by atoms with E-state index < -0.39 is 0 Å². The predicted molar refractivity (Wildman–Crippen MR) is 119 cm³/mol. The summed E-state index contributed by atoms with van der Waals surface area (Å²) < 4.78 is 23.8. The van der Waals surface area contributed by atoms with Crippen LogP contribution in [0.15, 0.2) is 46.9 Å². The highest BCUT2D eigenvalue weighted by Crippen LogP contribution is 2.38. The second kappa shape index (κ2) is 7.77. The number of benzene rings is 2. The molecule has 0 aliphatic carbocycles. The molecule has 0 spiro atoms. The minimum Gasteiger partial charge on any atom is -0.493 e. The first-order chi connectivity index (χ1) is 15.2. The molecule has 0 unspecified atom stereocenters. The number of hydrogen-bond acceptors (Lipinski definition) is 8. The molecule has 3 heterocycles. The Morgan fingerprint density at radius 3 is 2.42 bits per heavy atom. The van der Waals surface area contributed by atoms with Crippen molar-refractivity contribution < 1.29 is 18.6 Å². The summed E-state index contributed by atoms with van der Waals surface area (Å²) in [5, 5.41) is 14.9. The van der Waals surface area contributed by atoms with E-state index in [1.165, 1.54) is 11.3 Å². The summed E-state index contributed by atoms with van der Waals surface area (Å²) in [7, 11) is 4.76. The molecule has 0 radical (unpaired) electrons. The van der Waals surface area contributed by atoms with Crippen LogP contribution in [0.3, 0.4) is 0 Å². The van der Waals surface area contributed by atoms with Gasteiger partial charge in [0.25, 0.3) is 0 Å². The zero-order valence-electron chi connectivity index (χ0n) is 17.0. The minimum atomic E-state index is 0.552. The zero-order chi connectivity index (χ0) is 21.4. The average Bonchev–Trinajstić information content (AvgIpc) is 3.50. The molecule has 5 rings (SSSR count). The number of nitrogens with zero attached hydrogens (tertiary/aromatic N) is 4. The number of methoxy groups -OCH3 is 3. The lowest BCUT2D eigenvalue weighted by atomic mass is 10.1. The molecular formula is C22H18N4O4S. The Kier molecular flexibility index (Phi) is 4.79. The first kappa shape index (κ1) is 19.1. The maximum Gasteiger partial charge on any atom is 0.235 e. The zero-order valence-corrected chi connectivity index (χ0v) is 17.8. The second-order valence-electron chi connectivity index (χ2n) is 6.60. The molecule has 31 heavy (non-hydrogen) atoms. The van der Waals surface area contributed by atoms with Crippen LogP contribution in [0.2, 0.25) is 0 Å². The topological polar surface area (TPSA) is 83.9 Å². The summed E-state index contributed by atoms with van der Waals surface area (Å²) in [4.78, 5) is 0.681. The van der Waals surface area contributed by atoms with Gasteiger partial charge in [-0.1, -0.05) is 35.6 Å².